The van der Waals surface area contributed by atoms with E-state index in [1.54, 1.807) is 11.1 Å². The molecule has 0 aliphatic heterocycles. The van der Waals surface area contributed by atoms with E-state index in [4.69, 9.17) is 4.98 Å². The molecule has 0 fully saturated rings. The maximum absolute atomic E-state index is 13.7. The van der Waals surface area contributed by atoms with Crippen molar-refractivity contribution in [2.75, 3.05) is 4.90 Å². The first kappa shape index (κ1) is 21.0. The number of benzene rings is 3. The largest absolute Gasteiger partial charge is 0.278 e. The molecular formula is C28H23N3OS. The summed E-state index contributed by atoms with van der Waals surface area (Å²) in [4.78, 5) is 24.7. The Labute approximate surface area is 197 Å². The zero-order valence-corrected chi connectivity index (χ0v) is 19.3. The average Bonchev–Trinajstić information content (AvgIpc) is 3.26. The van der Waals surface area contributed by atoms with Gasteiger partial charge in [0.05, 0.1) is 22.5 Å². The fraction of sp³-hybridized carbons (Fsp3) is 0.107. The first-order valence-electron chi connectivity index (χ1n) is 10.8. The summed E-state index contributed by atoms with van der Waals surface area (Å²) in [5.74, 6) is -0.0900. The number of aryl methyl sites for hydroxylation is 2. The van der Waals surface area contributed by atoms with Gasteiger partial charge in [-0.1, -0.05) is 59.9 Å². The molecule has 0 aliphatic rings. The molecule has 5 aromatic rings. The number of nitrogens with zero attached hydrogens (tertiary/aromatic N) is 3. The zero-order valence-electron chi connectivity index (χ0n) is 18.5. The molecule has 5 rings (SSSR count). The van der Waals surface area contributed by atoms with Crippen molar-refractivity contribution < 1.29 is 4.79 Å². The molecule has 2 aromatic heterocycles. The second kappa shape index (κ2) is 8.96. The van der Waals surface area contributed by atoms with Crippen molar-refractivity contribution in [3.8, 4) is 11.1 Å². The highest BCUT2D eigenvalue weighted by Crippen LogP contribution is 2.32. The molecule has 4 nitrogen and oxygen atoms in total. The van der Waals surface area contributed by atoms with Gasteiger partial charge in [-0.25, -0.2) is 4.98 Å². The van der Waals surface area contributed by atoms with Gasteiger partial charge in [-0.05, 0) is 72.5 Å². The molecule has 2 heterocycles. The lowest BCUT2D eigenvalue weighted by Crippen LogP contribution is -2.30. The minimum atomic E-state index is -0.0900. The van der Waals surface area contributed by atoms with Crippen LogP contribution in [0.3, 0.4) is 0 Å². The van der Waals surface area contributed by atoms with Crippen LogP contribution < -0.4 is 4.90 Å². The monoisotopic (exact) mass is 449 g/mol. The summed E-state index contributed by atoms with van der Waals surface area (Å²) >= 11 is 1.54. The number of pyridine rings is 1. The normalized spacial score (nSPS) is 11.0. The van der Waals surface area contributed by atoms with E-state index in [1.807, 2.05) is 60.7 Å². The first-order chi connectivity index (χ1) is 16.1. The highest BCUT2D eigenvalue weighted by molar-refractivity contribution is 7.22. The summed E-state index contributed by atoms with van der Waals surface area (Å²) in [6.07, 6.45) is 1.75. The highest BCUT2D eigenvalue weighted by atomic mass is 32.1. The Morgan fingerprint density at radius 1 is 0.848 bits per heavy atom. The molecule has 33 heavy (non-hydrogen) atoms. The quantitative estimate of drug-likeness (QED) is 0.296. The van der Waals surface area contributed by atoms with Gasteiger partial charge < -0.3 is 0 Å². The molecular weight excluding hydrogens is 426 g/mol. The number of hydrogen-bond donors (Lipinski definition) is 0. The Kier molecular flexibility index (Phi) is 5.71. The van der Waals surface area contributed by atoms with Gasteiger partial charge in [-0.2, -0.15) is 0 Å². The minimum Gasteiger partial charge on any atom is -0.278 e. The molecule has 1 amide bonds. The van der Waals surface area contributed by atoms with Gasteiger partial charge in [0.1, 0.15) is 0 Å². The smallest absolute Gasteiger partial charge is 0.260 e. The number of rotatable bonds is 5. The lowest BCUT2D eigenvalue weighted by atomic mass is 10.0. The second-order valence-electron chi connectivity index (χ2n) is 8.06. The molecule has 0 aliphatic carbocycles. The molecule has 3 aromatic carbocycles. The Morgan fingerprint density at radius 2 is 1.55 bits per heavy atom. The van der Waals surface area contributed by atoms with Crippen molar-refractivity contribution in [1.82, 2.24) is 9.97 Å². The summed E-state index contributed by atoms with van der Waals surface area (Å²) in [7, 11) is 0. The molecule has 162 valence electrons. The van der Waals surface area contributed by atoms with Crippen molar-refractivity contribution in [3.05, 3.63) is 114 Å². The Morgan fingerprint density at radius 3 is 2.27 bits per heavy atom. The molecule has 0 N–H and O–H groups in total. The van der Waals surface area contributed by atoms with Gasteiger partial charge >= 0.3 is 0 Å². The predicted molar refractivity (Wildman–Crippen MR) is 136 cm³/mol. The number of hydrogen-bond acceptors (Lipinski definition) is 4. The van der Waals surface area contributed by atoms with E-state index in [0.717, 1.165) is 27.0 Å². The van der Waals surface area contributed by atoms with Gasteiger partial charge in [0.2, 0.25) is 0 Å². The SMILES string of the molecule is Cc1cc2nc(N(Cc3ccccn3)C(=O)c3ccc(-c4ccccc4)cc3)sc2cc1C. The number of carbonyl (C=O) groups excluding carboxylic acids is 1. The van der Waals surface area contributed by atoms with Crippen molar-refractivity contribution in [2.45, 2.75) is 20.4 Å². The van der Waals surface area contributed by atoms with Crippen molar-refractivity contribution >= 4 is 32.6 Å². The lowest BCUT2D eigenvalue weighted by molar-refractivity contribution is 0.0985. The first-order valence-corrected chi connectivity index (χ1v) is 11.7. The number of carbonyl (C=O) groups is 1. The van der Waals surface area contributed by atoms with Crippen LogP contribution in [0.25, 0.3) is 21.3 Å². The van der Waals surface area contributed by atoms with Crippen LogP contribution in [-0.4, -0.2) is 15.9 Å². The maximum atomic E-state index is 13.7. The Balaban J connectivity index is 1.52. The fourth-order valence-electron chi connectivity index (χ4n) is 3.75. The number of fused-ring (bicyclic) bond motifs is 1. The molecule has 0 saturated carbocycles. The van der Waals surface area contributed by atoms with Crippen LogP contribution in [0.4, 0.5) is 5.13 Å². The average molecular weight is 450 g/mol. The summed E-state index contributed by atoms with van der Waals surface area (Å²) in [6, 6.07) is 27.9. The van der Waals surface area contributed by atoms with Gasteiger partial charge in [0.25, 0.3) is 5.91 Å². The van der Waals surface area contributed by atoms with E-state index >= 15 is 0 Å². The Bertz CT molecular complexity index is 1370. The standard InChI is InChI=1S/C28H23N3OS/c1-19-16-25-26(17-20(19)2)33-28(30-25)31(18-24-10-6-7-15-29-24)27(32)23-13-11-22(12-14-23)21-8-4-3-5-9-21/h3-17H,18H2,1-2H3. The van der Waals surface area contributed by atoms with E-state index in [9.17, 15) is 4.79 Å². The third kappa shape index (κ3) is 4.41. The van der Waals surface area contributed by atoms with E-state index < -0.39 is 0 Å². The van der Waals surface area contributed by atoms with Crippen LogP contribution in [0.5, 0.6) is 0 Å². The third-order valence-electron chi connectivity index (χ3n) is 5.75. The number of aromatic nitrogens is 2. The molecule has 0 bridgehead atoms. The lowest BCUT2D eigenvalue weighted by Gasteiger charge is -2.20. The van der Waals surface area contributed by atoms with Crippen molar-refractivity contribution in [3.63, 3.8) is 0 Å². The van der Waals surface area contributed by atoms with Gasteiger partial charge in [-0.15, -0.1) is 0 Å². The van der Waals surface area contributed by atoms with Crippen molar-refractivity contribution in [2.24, 2.45) is 0 Å². The van der Waals surface area contributed by atoms with E-state index in [2.05, 4.69) is 43.1 Å². The van der Waals surface area contributed by atoms with Crippen LogP contribution >= 0.6 is 11.3 Å². The van der Waals surface area contributed by atoms with Crippen LogP contribution in [0, 0.1) is 13.8 Å². The minimum absolute atomic E-state index is 0.0900. The van der Waals surface area contributed by atoms with Crippen LogP contribution in [-0.2, 0) is 6.54 Å². The van der Waals surface area contributed by atoms with Gasteiger partial charge in [0.15, 0.2) is 5.13 Å². The topological polar surface area (TPSA) is 46.1 Å². The number of amides is 1. The van der Waals surface area contributed by atoms with Gasteiger partial charge in [0, 0.05) is 11.8 Å². The fourth-order valence-corrected chi connectivity index (χ4v) is 4.80. The predicted octanol–water partition coefficient (Wildman–Crippen LogP) is 6.82. The molecule has 5 heteroatoms. The van der Waals surface area contributed by atoms with Crippen LogP contribution in [0.15, 0.2) is 91.1 Å². The summed E-state index contributed by atoms with van der Waals surface area (Å²) < 4.78 is 1.08. The van der Waals surface area contributed by atoms with Crippen LogP contribution in [0.1, 0.15) is 27.2 Å². The van der Waals surface area contributed by atoms with E-state index in [0.29, 0.717) is 17.2 Å². The molecule has 0 unspecified atom stereocenters. The van der Waals surface area contributed by atoms with Gasteiger partial charge in [-0.3, -0.25) is 14.7 Å². The molecule has 0 spiro atoms. The summed E-state index contributed by atoms with van der Waals surface area (Å²) in [6.45, 7) is 4.54. The highest BCUT2D eigenvalue weighted by Gasteiger charge is 2.22. The number of anilines is 1. The number of thiazole rings is 1. The maximum Gasteiger partial charge on any atom is 0.260 e. The third-order valence-corrected chi connectivity index (χ3v) is 6.80. The zero-order chi connectivity index (χ0) is 22.8. The molecule has 0 saturated heterocycles. The summed E-state index contributed by atoms with van der Waals surface area (Å²) in [5, 5.41) is 0.679. The van der Waals surface area contributed by atoms with Crippen LogP contribution in [0.2, 0.25) is 0 Å². The molecule has 0 radical (unpaired) electrons. The van der Waals surface area contributed by atoms with E-state index in [1.165, 1.54) is 22.5 Å². The Hall–Kier alpha value is -3.83. The second-order valence-corrected chi connectivity index (χ2v) is 9.07. The van der Waals surface area contributed by atoms with E-state index in [-0.39, 0.29) is 5.91 Å². The van der Waals surface area contributed by atoms with Crippen molar-refractivity contribution in [1.29, 1.82) is 0 Å². The summed E-state index contributed by atoms with van der Waals surface area (Å²) in [5.41, 5.74) is 6.97. The molecule has 0 atom stereocenters.